The standard InChI is InChI=1S/C23H26ClN3O4S/c1-14-3-6-18(13-20(14)24)26-22(28)9-10-25-32(30,31)19-7-8-21-17(12-19)11-15(2)27(21)23(29)16-4-5-16/h3,6-8,12-13,15-16,25H,4-5,9-11H2,1-2H3,(H,26,28). The summed E-state index contributed by atoms with van der Waals surface area (Å²) in [5.74, 6) is -0.0777. The highest BCUT2D eigenvalue weighted by Crippen LogP contribution is 2.39. The number of hydrogen-bond donors (Lipinski definition) is 2. The Morgan fingerprint density at radius 3 is 2.59 bits per heavy atom. The largest absolute Gasteiger partial charge is 0.326 e. The van der Waals surface area contributed by atoms with Crippen LogP contribution in [0, 0.1) is 12.8 Å². The molecule has 2 amide bonds. The first-order chi connectivity index (χ1) is 15.2. The van der Waals surface area contributed by atoms with Crippen molar-refractivity contribution >= 4 is 44.8 Å². The molecule has 1 fully saturated rings. The van der Waals surface area contributed by atoms with Crippen molar-refractivity contribution in [3.05, 3.63) is 52.5 Å². The zero-order valence-electron chi connectivity index (χ0n) is 18.0. The van der Waals surface area contributed by atoms with Gasteiger partial charge in [0.2, 0.25) is 21.8 Å². The van der Waals surface area contributed by atoms with E-state index >= 15 is 0 Å². The van der Waals surface area contributed by atoms with Crippen LogP contribution in [0.1, 0.15) is 37.3 Å². The fraction of sp³-hybridized carbons (Fsp3) is 0.391. The molecule has 32 heavy (non-hydrogen) atoms. The lowest BCUT2D eigenvalue weighted by molar-refractivity contribution is -0.120. The lowest BCUT2D eigenvalue weighted by atomic mass is 10.1. The maximum atomic E-state index is 12.7. The number of carbonyl (C=O) groups is 2. The Morgan fingerprint density at radius 2 is 1.91 bits per heavy atom. The number of sulfonamides is 1. The number of hydrogen-bond acceptors (Lipinski definition) is 4. The topological polar surface area (TPSA) is 95.6 Å². The number of carbonyl (C=O) groups excluding carboxylic acids is 2. The van der Waals surface area contributed by atoms with Gasteiger partial charge in [-0.05, 0) is 74.6 Å². The highest BCUT2D eigenvalue weighted by molar-refractivity contribution is 7.89. The zero-order chi connectivity index (χ0) is 23.0. The minimum atomic E-state index is -3.78. The quantitative estimate of drug-likeness (QED) is 0.639. The summed E-state index contributed by atoms with van der Waals surface area (Å²) < 4.78 is 27.9. The number of benzene rings is 2. The number of nitrogens with zero attached hydrogens (tertiary/aromatic N) is 1. The van der Waals surface area contributed by atoms with E-state index in [0.29, 0.717) is 17.1 Å². The number of halogens is 1. The molecule has 0 radical (unpaired) electrons. The monoisotopic (exact) mass is 475 g/mol. The van der Waals surface area contributed by atoms with Crippen molar-refractivity contribution in [2.24, 2.45) is 5.92 Å². The maximum Gasteiger partial charge on any atom is 0.240 e. The van der Waals surface area contributed by atoms with Crippen LogP contribution < -0.4 is 14.9 Å². The summed E-state index contributed by atoms with van der Waals surface area (Å²) in [6, 6.07) is 10.1. The summed E-state index contributed by atoms with van der Waals surface area (Å²) in [6.07, 6.45) is 2.46. The van der Waals surface area contributed by atoms with Gasteiger partial charge in [0.1, 0.15) is 0 Å². The molecule has 0 aromatic heterocycles. The summed E-state index contributed by atoms with van der Waals surface area (Å²) in [7, 11) is -3.78. The third kappa shape index (κ3) is 4.82. The van der Waals surface area contributed by atoms with Crippen LogP contribution in [0.2, 0.25) is 5.02 Å². The molecule has 170 valence electrons. The fourth-order valence-electron chi connectivity index (χ4n) is 3.91. The van der Waals surface area contributed by atoms with Crippen molar-refractivity contribution in [1.82, 2.24) is 4.72 Å². The van der Waals surface area contributed by atoms with Gasteiger partial charge >= 0.3 is 0 Å². The lowest BCUT2D eigenvalue weighted by Crippen LogP contribution is -2.36. The van der Waals surface area contributed by atoms with Gasteiger partial charge in [-0.2, -0.15) is 0 Å². The maximum absolute atomic E-state index is 12.7. The van der Waals surface area contributed by atoms with E-state index in [1.807, 2.05) is 13.8 Å². The van der Waals surface area contributed by atoms with Gasteiger partial charge in [-0.1, -0.05) is 17.7 Å². The van der Waals surface area contributed by atoms with E-state index in [2.05, 4.69) is 10.0 Å². The van der Waals surface area contributed by atoms with E-state index in [1.54, 1.807) is 35.2 Å². The molecule has 1 unspecified atom stereocenters. The Kier molecular flexibility index (Phi) is 6.29. The van der Waals surface area contributed by atoms with E-state index in [-0.39, 0.29) is 41.6 Å². The molecule has 2 aromatic carbocycles. The van der Waals surface area contributed by atoms with Crippen molar-refractivity contribution in [1.29, 1.82) is 0 Å². The Hall–Kier alpha value is -2.42. The third-order valence-electron chi connectivity index (χ3n) is 5.84. The molecular formula is C23H26ClN3O4S. The molecule has 0 saturated heterocycles. The molecule has 0 bridgehead atoms. The second-order valence-corrected chi connectivity index (χ2v) is 10.7. The second kappa shape index (κ2) is 8.84. The molecule has 2 aromatic rings. The minimum Gasteiger partial charge on any atom is -0.326 e. The number of nitrogens with one attached hydrogen (secondary N) is 2. The van der Waals surface area contributed by atoms with Crippen LogP contribution in [-0.4, -0.2) is 32.8 Å². The second-order valence-electron chi connectivity index (χ2n) is 8.49. The molecule has 1 aliphatic carbocycles. The van der Waals surface area contributed by atoms with Crippen LogP contribution in [0.25, 0.3) is 0 Å². The van der Waals surface area contributed by atoms with Crippen LogP contribution in [0.5, 0.6) is 0 Å². The first-order valence-electron chi connectivity index (χ1n) is 10.7. The molecule has 2 N–H and O–H groups in total. The third-order valence-corrected chi connectivity index (χ3v) is 7.71. The fourth-order valence-corrected chi connectivity index (χ4v) is 5.18. The van der Waals surface area contributed by atoms with Crippen LogP contribution in [0.4, 0.5) is 11.4 Å². The van der Waals surface area contributed by atoms with Gasteiger partial charge in [0.25, 0.3) is 0 Å². The van der Waals surface area contributed by atoms with Gasteiger partial charge in [0.15, 0.2) is 0 Å². The van der Waals surface area contributed by atoms with Crippen molar-refractivity contribution in [3.8, 4) is 0 Å². The summed E-state index contributed by atoms with van der Waals surface area (Å²) in [5.41, 5.74) is 3.11. The van der Waals surface area contributed by atoms with E-state index < -0.39 is 10.0 Å². The molecule has 1 heterocycles. The number of rotatable bonds is 7. The highest BCUT2D eigenvalue weighted by atomic mass is 35.5. The average Bonchev–Trinajstić information content (AvgIpc) is 3.52. The van der Waals surface area contributed by atoms with Crippen molar-refractivity contribution < 1.29 is 18.0 Å². The molecule has 9 heteroatoms. The van der Waals surface area contributed by atoms with Crippen LogP contribution in [0.15, 0.2) is 41.3 Å². The van der Waals surface area contributed by atoms with Gasteiger partial charge in [0, 0.05) is 41.3 Å². The SMILES string of the molecule is Cc1ccc(NC(=O)CCNS(=O)(=O)c2ccc3c(c2)CC(C)N3C(=O)C2CC2)cc1Cl. The smallest absolute Gasteiger partial charge is 0.240 e. The van der Waals surface area contributed by atoms with E-state index in [1.165, 1.54) is 6.07 Å². The Labute approximate surface area is 193 Å². The molecule has 1 aliphatic heterocycles. The van der Waals surface area contributed by atoms with Gasteiger partial charge in [-0.15, -0.1) is 0 Å². The summed E-state index contributed by atoms with van der Waals surface area (Å²) in [5, 5.41) is 3.26. The summed E-state index contributed by atoms with van der Waals surface area (Å²) in [4.78, 5) is 26.7. The first-order valence-corrected chi connectivity index (χ1v) is 12.5. The molecule has 1 atom stereocenters. The molecule has 0 spiro atoms. The molecular weight excluding hydrogens is 450 g/mol. The van der Waals surface area contributed by atoms with Gasteiger partial charge in [-0.3, -0.25) is 9.59 Å². The Morgan fingerprint density at radius 1 is 1.16 bits per heavy atom. The van der Waals surface area contributed by atoms with E-state index in [0.717, 1.165) is 29.7 Å². The molecule has 4 rings (SSSR count). The van der Waals surface area contributed by atoms with E-state index in [9.17, 15) is 18.0 Å². The lowest BCUT2D eigenvalue weighted by Gasteiger charge is -2.22. The zero-order valence-corrected chi connectivity index (χ0v) is 19.6. The predicted octanol–water partition coefficient (Wildman–Crippen LogP) is 3.64. The van der Waals surface area contributed by atoms with Crippen molar-refractivity contribution in [3.63, 3.8) is 0 Å². The van der Waals surface area contributed by atoms with Crippen LogP contribution in [0.3, 0.4) is 0 Å². The first kappa shape index (κ1) is 22.8. The average molecular weight is 476 g/mol. The Balaban J connectivity index is 1.36. The number of amides is 2. The van der Waals surface area contributed by atoms with Gasteiger partial charge in [0.05, 0.1) is 4.90 Å². The summed E-state index contributed by atoms with van der Waals surface area (Å²) >= 11 is 6.06. The predicted molar refractivity (Wildman–Crippen MR) is 124 cm³/mol. The van der Waals surface area contributed by atoms with Gasteiger partial charge in [-0.25, -0.2) is 13.1 Å². The van der Waals surface area contributed by atoms with Crippen molar-refractivity contribution in [2.75, 3.05) is 16.8 Å². The number of aryl methyl sites for hydroxylation is 1. The van der Waals surface area contributed by atoms with Gasteiger partial charge < -0.3 is 10.2 Å². The Bertz CT molecular complexity index is 1180. The number of anilines is 2. The number of fused-ring (bicyclic) bond motifs is 1. The molecule has 7 nitrogen and oxygen atoms in total. The normalized spacial score (nSPS) is 17.8. The highest BCUT2D eigenvalue weighted by Gasteiger charge is 2.39. The molecule has 1 saturated carbocycles. The van der Waals surface area contributed by atoms with E-state index in [4.69, 9.17) is 11.6 Å². The van der Waals surface area contributed by atoms with Crippen LogP contribution in [-0.2, 0) is 26.0 Å². The van der Waals surface area contributed by atoms with Crippen molar-refractivity contribution in [2.45, 2.75) is 50.5 Å². The molecule has 2 aliphatic rings. The minimum absolute atomic E-state index is 0.0167. The summed E-state index contributed by atoms with van der Waals surface area (Å²) in [6.45, 7) is 3.81. The van der Waals surface area contributed by atoms with Crippen LogP contribution >= 0.6 is 11.6 Å².